The monoisotopic (exact) mass is 290 g/mol. The molecule has 0 bridgehead atoms. The number of benzene rings is 1. The van der Waals surface area contributed by atoms with Crippen LogP contribution >= 0.6 is 0 Å². The van der Waals surface area contributed by atoms with Gasteiger partial charge in [0.05, 0.1) is 6.10 Å². The second-order valence-corrected chi connectivity index (χ2v) is 5.87. The molecule has 1 aromatic rings. The third-order valence-electron chi connectivity index (χ3n) is 2.76. The van der Waals surface area contributed by atoms with Crippen molar-refractivity contribution in [2.24, 2.45) is 5.92 Å². The predicted octanol–water partition coefficient (Wildman–Crippen LogP) is 2.30. The number of aliphatic hydroxyl groups excluding tert-OH is 1. The van der Waals surface area contributed by atoms with Crippen molar-refractivity contribution in [3.8, 4) is 0 Å². The van der Waals surface area contributed by atoms with Crippen molar-refractivity contribution in [1.82, 2.24) is 0 Å². The van der Waals surface area contributed by atoms with Gasteiger partial charge in [-0.3, -0.25) is 0 Å². The maximum Gasteiger partial charge on any atom is 0.331 e. The quantitative estimate of drug-likeness (QED) is 0.496. The van der Waals surface area contributed by atoms with Crippen LogP contribution in [0.15, 0.2) is 42.5 Å². The van der Waals surface area contributed by atoms with Crippen LogP contribution in [0.2, 0.25) is 0 Å². The zero-order chi connectivity index (χ0) is 15.9. The average molecular weight is 290 g/mol. The predicted molar refractivity (Wildman–Crippen MR) is 80.7 cm³/mol. The number of ether oxygens (including phenoxy) is 1. The van der Waals surface area contributed by atoms with E-state index in [0.29, 0.717) is 12.7 Å². The highest BCUT2D eigenvalue weighted by Gasteiger charge is 2.18. The largest absolute Gasteiger partial charge is 0.457 e. The maximum atomic E-state index is 11.5. The number of hydrogen-bond donors (Lipinski definition) is 1. The number of rotatable bonds is 6. The lowest BCUT2D eigenvalue weighted by atomic mass is 9.95. The van der Waals surface area contributed by atoms with E-state index in [1.807, 2.05) is 30.3 Å². The van der Waals surface area contributed by atoms with E-state index in [1.54, 1.807) is 20.8 Å². The van der Waals surface area contributed by atoms with E-state index in [9.17, 15) is 14.7 Å². The van der Waals surface area contributed by atoms with E-state index >= 15 is 0 Å². The summed E-state index contributed by atoms with van der Waals surface area (Å²) >= 11 is 0. The lowest BCUT2D eigenvalue weighted by Crippen LogP contribution is -2.24. The summed E-state index contributed by atoms with van der Waals surface area (Å²) in [4.78, 5) is 22.6. The van der Waals surface area contributed by atoms with Gasteiger partial charge >= 0.3 is 5.97 Å². The van der Waals surface area contributed by atoms with E-state index in [1.165, 1.54) is 6.08 Å². The Bertz CT molecular complexity index is 485. The van der Waals surface area contributed by atoms with Crippen LogP contribution in [0.1, 0.15) is 26.3 Å². The Balaban J connectivity index is 2.61. The lowest BCUT2D eigenvalue weighted by molar-refractivity contribution is -0.148. The van der Waals surface area contributed by atoms with Gasteiger partial charge in [0, 0.05) is 12.0 Å². The van der Waals surface area contributed by atoms with Gasteiger partial charge in [-0.15, -0.1) is 0 Å². The molecule has 0 saturated carbocycles. The second-order valence-electron chi connectivity index (χ2n) is 5.87. The zero-order valence-corrected chi connectivity index (χ0v) is 12.7. The summed E-state index contributed by atoms with van der Waals surface area (Å²) in [5.41, 5.74) is 0.375. The fourth-order valence-electron chi connectivity index (χ4n) is 1.79. The van der Waals surface area contributed by atoms with E-state index in [-0.39, 0.29) is 0 Å². The molecule has 4 heteroatoms. The van der Waals surface area contributed by atoms with Crippen molar-refractivity contribution in [3.63, 3.8) is 0 Å². The SMILES string of the molecule is CC(C)(C)OC(=O)/C=C/[C@@H](O)[C@H](C=O)Cc1ccccc1. The van der Waals surface area contributed by atoms with Crippen molar-refractivity contribution in [1.29, 1.82) is 0 Å². The topological polar surface area (TPSA) is 63.6 Å². The van der Waals surface area contributed by atoms with E-state index in [0.717, 1.165) is 11.6 Å². The Morgan fingerprint density at radius 2 is 1.90 bits per heavy atom. The molecule has 1 rings (SSSR count). The molecule has 1 N–H and O–H groups in total. The van der Waals surface area contributed by atoms with E-state index in [4.69, 9.17) is 4.74 Å². The molecule has 0 unspecified atom stereocenters. The first kappa shape index (κ1) is 17.1. The van der Waals surface area contributed by atoms with Crippen LogP contribution in [-0.2, 0) is 20.7 Å². The van der Waals surface area contributed by atoms with E-state index < -0.39 is 23.6 Å². The number of aldehydes is 1. The van der Waals surface area contributed by atoms with Crippen molar-refractivity contribution >= 4 is 12.3 Å². The molecule has 0 amide bonds. The van der Waals surface area contributed by atoms with Crippen LogP contribution in [0, 0.1) is 5.92 Å². The second kappa shape index (κ2) is 7.74. The Kier molecular flexibility index (Phi) is 6.31. The molecule has 4 nitrogen and oxygen atoms in total. The molecule has 1 aromatic carbocycles. The smallest absolute Gasteiger partial charge is 0.331 e. The van der Waals surface area contributed by atoms with Crippen molar-refractivity contribution in [2.75, 3.05) is 0 Å². The minimum atomic E-state index is -1.02. The van der Waals surface area contributed by atoms with E-state index in [2.05, 4.69) is 0 Å². The number of carbonyl (C=O) groups is 2. The molecule has 0 fully saturated rings. The molecular weight excluding hydrogens is 268 g/mol. The number of carbonyl (C=O) groups excluding carboxylic acids is 2. The Hall–Kier alpha value is -1.94. The summed E-state index contributed by atoms with van der Waals surface area (Å²) in [5.74, 6) is -1.13. The average Bonchev–Trinajstić information content (AvgIpc) is 2.41. The zero-order valence-electron chi connectivity index (χ0n) is 12.7. The third-order valence-corrected chi connectivity index (χ3v) is 2.76. The first-order valence-electron chi connectivity index (χ1n) is 6.90. The standard InChI is InChI=1S/C17H22O4/c1-17(2,3)21-16(20)10-9-15(19)14(12-18)11-13-7-5-4-6-8-13/h4-10,12,14-15,19H,11H2,1-3H3/b10-9+/t14-,15+/m0/s1. The molecule has 21 heavy (non-hydrogen) atoms. The molecule has 0 aliphatic carbocycles. The summed E-state index contributed by atoms with van der Waals surface area (Å²) in [6.07, 6.45) is 2.57. The van der Waals surface area contributed by atoms with Crippen LogP contribution < -0.4 is 0 Å². The highest BCUT2D eigenvalue weighted by Crippen LogP contribution is 2.12. The summed E-state index contributed by atoms with van der Waals surface area (Å²) in [6.45, 7) is 5.29. The normalized spacial score (nSPS) is 14.7. The van der Waals surface area contributed by atoms with Crippen LogP contribution in [0.4, 0.5) is 0 Å². The van der Waals surface area contributed by atoms with Crippen molar-refractivity contribution in [3.05, 3.63) is 48.0 Å². The maximum absolute atomic E-state index is 11.5. The molecule has 114 valence electrons. The van der Waals surface area contributed by atoms with Gasteiger partial charge in [0.15, 0.2) is 0 Å². The first-order valence-corrected chi connectivity index (χ1v) is 6.90. The lowest BCUT2D eigenvalue weighted by Gasteiger charge is -2.18. The highest BCUT2D eigenvalue weighted by atomic mass is 16.6. The molecule has 0 radical (unpaired) electrons. The Labute approximate surface area is 125 Å². The first-order chi connectivity index (χ1) is 9.81. The van der Waals surface area contributed by atoms with Crippen LogP contribution in [-0.4, -0.2) is 29.1 Å². The molecule has 0 aromatic heterocycles. The number of esters is 1. The van der Waals surface area contributed by atoms with Gasteiger partial charge in [-0.2, -0.15) is 0 Å². The Morgan fingerprint density at radius 1 is 1.29 bits per heavy atom. The number of aliphatic hydroxyl groups is 1. The fourth-order valence-corrected chi connectivity index (χ4v) is 1.79. The van der Waals surface area contributed by atoms with Gasteiger partial charge in [-0.1, -0.05) is 30.3 Å². The molecule has 0 saturated heterocycles. The van der Waals surface area contributed by atoms with Crippen LogP contribution in [0.5, 0.6) is 0 Å². The molecular formula is C17H22O4. The summed E-state index contributed by atoms with van der Waals surface area (Å²) in [5, 5.41) is 9.99. The van der Waals surface area contributed by atoms with Gasteiger partial charge in [-0.05, 0) is 38.8 Å². The summed E-state index contributed by atoms with van der Waals surface area (Å²) < 4.78 is 5.09. The van der Waals surface area contributed by atoms with Gasteiger partial charge < -0.3 is 14.6 Å². The molecule has 0 heterocycles. The van der Waals surface area contributed by atoms with Crippen molar-refractivity contribution in [2.45, 2.75) is 38.9 Å². The van der Waals surface area contributed by atoms with Gasteiger partial charge in [-0.25, -0.2) is 4.79 Å². The Morgan fingerprint density at radius 3 is 2.43 bits per heavy atom. The number of hydrogen-bond acceptors (Lipinski definition) is 4. The van der Waals surface area contributed by atoms with Gasteiger partial charge in [0.1, 0.15) is 11.9 Å². The molecule has 0 spiro atoms. The fraction of sp³-hybridized carbons (Fsp3) is 0.412. The summed E-state index contributed by atoms with van der Waals surface area (Å²) in [6, 6.07) is 9.42. The van der Waals surface area contributed by atoms with Crippen LogP contribution in [0.25, 0.3) is 0 Å². The van der Waals surface area contributed by atoms with Gasteiger partial charge in [0.25, 0.3) is 0 Å². The highest BCUT2D eigenvalue weighted by molar-refractivity contribution is 5.82. The minimum absolute atomic E-state index is 0.421. The minimum Gasteiger partial charge on any atom is -0.457 e. The van der Waals surface area contributed by atoms with Gasteiger partial charge in [0.2, 0.25) is 0 Å². The van der Waals surface area contributed by atoms with Crippen LogP contribution in [0.3, 0.4) is 0 Å². The molecule has 0 aliphatic heterocycles. The summed E-state index contributed by atoms with van der Waals surface area (Å²) in [7, 11) is 0. The molecule has 2 atom stereocenters. The van der Waals surface area contributed by atoms with Crippen molar-refractivity contribution < 1.29 is 19.4 Å². The third kappa shape index (κ3) is 6.86. The molecule has 0 aliphatic rings.